The Bertz CT molecular complexity index is 381. The van der Waals surface area contributed by atoms with Gasteiger partial charge in [-0.2, -0.15) is 5.10 Å². The van der Waals surface area contributed by atoms with Crippen molar-refractivity contribution >= 4 is 5.96 Å². The molecule has 0 aromatic carbocycles. The van der Waals surface area contributed by atoms with Crippen LogP contribution in [0.15, 0.2) is 11.1 Å². The first-order valence-electron chi connectivity index (χ1n) is 6.68. The van der Waals surface area contributed by atoms with Crippen molar-refractivity contribution in [2.75, 3.05) is 13.1 Å². The van der Waals surface area contributed by atoms with Crippen LogP contribution in [-0.2, 0) is 6.54 Å². The number of aromatic nitrogens is 2. The standard InChI is InChI=1S/C13H25N5/c1-4-5-7-15-13(14)16-8-6-9-18-12(3)10-11(2)17-18/h10H,4-9H2,1-3H3,(H3,14,15,16). The molecule has 0 saturated carbocycles. The summed E-state index contributed by atoms with van der Waals surface area (Å²) in [4.78, 5) is 4.29. The van der Waals surface area contributed by atoms with E-state index >= 15 is 0 Å². The van der Waals surface area contributed by atoms with E-state index in [1.165, 1.54) is 5.69 Å². The van der Waals surface area contributed by atoms with Crippen LogP contribution in [0, 0.1) is 13.8 Å². The summed E-state index contributed by atoms with van der Waals surface area (Å²) < 4.78 is 2.02. The maximum absolute atomic E-state index is 5.74. The molecule has 1 rings (SSSR count). The Morgan fingerprint density at radius 3 is 2.83 bits per heavy atom. The molecule has 3 N–H and O–H groups in total. The van der Waals surface area contributed by atoms with Gasteiger partial charge in [0.2, 0.25) is 0 Å². The molecule has 1 heterocycles. The van der Waals surface area contributed by atoms with Crippen LogP contribution in [0.4, 0.5) is 0 Å². The summed E-state index contributed by atoms with van der Waals surface area (Å²) in [6.07, 6.45) is 3.25. The van der Waals surface area contributed by atoms with Gasteiger partial charge >= 0.3 is 0 Å². The summed E-state index contributed by atoms with van der Waals surface area (Å²) in [6.45, 7) is 8.78. The third kappa shape index (κ3) is 5.21. The Labute approximate surface area is 109 Å². The van der Waals surface area contributed by atoms with Crippen molar-refractivity contribution in [3.63, 3.8) is 0 Å². The molecule has 0 bridgehead atoms. The quantitative estimate of drug-likeness (QED) is 0.439. The van der Waals surface area contributed by atoms with Crippen LogP contribution < -0.4 is 11.1 Å². The number of guanidine groups is 1. The number of nitrogens with two attached hydrogens (primary N) is 1. The lowest BCUT2D eigenvalue weighted by molar-refractivity contribution is 0.567. The lowest BCUT2D eigenvalue weighted by Crippen LogP contribution is -2.32. The van der Waals surface area contributed by atoms with E-state index in [-0.39, 0.29) is 0 Å². The van der Waals surface area contributed by atoms with Crippen molar-refractivity contribution < 1.29 is 0 Å². The van der Waals surface area contributed by atoms with Gasteiger partial charge in [0.1, 0.15) is 0 Å². The molecule has 0 aliphatic rings. The van der Waals surface area contributed by atoms with Gasteiger partial charge in [0, 0.05) is 25.3 Å². The Balaban J connectivity index is 2.21. The van der Waals surface area contributed by atoms with Crippen LogP contribution in [0.3, 0.4) is 0 Å². The molecule has 0 fully saturated rings. The molecule has 1 aromatic heterocycles. The van der Waals surface area contributed by atoms with E-state index in [1.807, 2.05) is 11.6 Å². The molecule has 0 saturated heterocycles. The largest absolute Gasteiger partial charge is 0.370 e. The Morgan fingerprint density at radius 1 is 1.44 bits per heavy atom. The third-order valence-electron chi connectivity index (χ3n) is 2.75. The van der Waals surface area contributed by atoms with Gasteiger partial charge in [-0.25, -0.2) is 0 Å². The fourth-order valence-corrected chi connectivity index (χ4v) is 1.77. The first-order valence-corrected chi connectivity index (χ1v) is 6.68. The van der Waals surface area contributed by atoms with Gasteiger partial charge in [-0.1, -0.05) is 13.3 Å². The monoisotopic (exact) mass is 251 g/mol. The number of unbranched alkanes of at least 4 members (excludes halogenated alkanes) is 1. The Hall–Kier alpha value is -1.52. The molecule has 18 heavy (non-hydrogen) atoms. The highest BCUT2D eigenvalue weighted by Crippen LogP contribution is 2.02. The normalized spacial score (nSPS) is 11.8. The lowest BCUT2D eigenvalue weighted by Gasteiger charge is -2.05. The minimum atomic E-state index is 0.553. The zero-order valence-electron chi connectivity index (χ0n) is 11.7. The van der Waals surface area contributed by atoms with E-state index in [1.54, 1.807) is 0 Å². The number of hydrogen-bond donors (Lipinski definition) is 2. The minimum absolute atomic E-state index is 0.553. The fraction of sp³-hybridized carbons (Fsp3) is 0.692. The molecule has 0 aliphatic heterocycles. The molecule has 0 unspecified atom stereocenters. The topological polar surface area (TPSA) is 68.2 Å². The minimum Gasteiger partial charge on any atom is -0.370 e. The molecular formula is C13H25N5. The van der Waals surface area contributed by atoms with Crippen molar-refractivity contribution in [3.05, 3.63) is 17.5 Å². The zero-order valence-corrected chi connectivity index (χ0v) is 11.7. The van der Waals surface area contributed by atoms with E-state index in [9.17, 15) is 0 Å². The van der Waals surface area contributed by atoms with E-state index < -0.39 is 0 Å². The summed E-state index contributed by atoms with van der Waals surface area (Å²) in [5.74, 6) is 0.553. The maximum atomic E-state index is 5.74. The van der Waals surface area contributed by atoms with Crippen molar-refractivity contribution in [1.29, 1.82) is 0 Å². The number of nitrogens with one attached hydrogen (secondary N) is 1. The van der Waals surface area contributed by atoms with Gasteiger partial charge in [0.05, 0.1) is 5.69 Å². The number of nitrogens with zero attached hydrogens (tertiary/aromatic N) is 3. The van der Waals surface area contributed by atoms with Gasteiger partial charge < -0.3 is 11.1 Å². The number of aliphatic imine (C=N–C) groups is 1. The number of aryl methyl sites for hydroxylation is 3. The summed E-state index contributed by atoms with van der Waals surface area (Å²) >= 11 is 0. The van der Waals surface area contributed by atoms with Crippen LogP contribution in [-0.4, -0.2) is 28.8 Å². The van der Waals surface area contributed by atoms with E-state index in [0.717, 1.165) is 44.6 Å². The van der Waals surface area contributed by atoms with E-state index in [4.69, 9.17) is 5.73 Å². The lowest BCUT2D eigenvalue weighted by atomic mass is 10.3. The maximum Gasteiger partial charge on any atom is 0.188 e. The van der Waals surface area contributed by atoms with Crippen LogP contribution in [0.2, 0.25) is 0 Å². The number of rotatable bonds is 7. The van der Waals surface area contributed by atoms with Crippen LogP contribution in [0.1, 0.15) is 37.6 Å². The van der Waals surface area contributed by atoms with Crippen LogP contribution >= 0.6 is 0 Å². The van der Waals surface area contributed by atoms with Gasteiger partial charge in [-0.3, -0.25) is 9.67 Å². The first-order chi connectivity index (χ1) is 8.63. The average Bonchev–Trinajstić information content (AvgIpc) is 2.64. The molecule has 0 spiro atoms. The van der Waals surface area contributed by atoms with Crippen LogP contribution in [0.25, 0.3) is 0 Å². The second-order valence-electron chi connectivity index (χ2n) is 4.55. The second kappa shape index (κ2) is 7.74. The second-order valence-corrected chi connectivity index (χ2v) is 4.55. The summed E-state index contributed by atoms with van der Waals surface area (Å²) in [7, 11) is 0. The van der Waals surface area contributed by atoms with Gasteiger partial charge in [-0.15, -0.1) is 0 Å². The summed E-state index contributed by atoms with van der Waals surface area (Å²) in [5, 5.41) is 7.51. The molecule has 5 heteroatoms. The van der Waals surface area contributed by atoms with Gasteiger partial charge in [0.25, 0.3) is 0 Å². The zero-order chi connectivity index (χ0) is 13.4. The molecule has 0 aliphatic carbocycles. The van der Waals surface area contributed by atoms with Crippen molar-refractivity contribution in [2.45, 2.75) is 46.6 Å². The molecule has 0 amide bonds. The van der Waals surface area contributed by atoms with E-state index in [2.05, 4.69) is 35.3 Å². The van der Waals surface area contributed by atoms with Crippen LogP contribution in [0.5, 0.6) is 0 Å². The summed E-state index contributed by atoms with van der Waals surface area (Å²) in [6, 6.07) is 2.09. The highest BCUT2D eigenvalue weighted by atomic mass is 15.3. The van der Waals surface area contributed by atoms with Crippen molar-refractivity contribution in [3.8, 4) is 0 Å². The fourth-order valence-electron chi connectivity index (χ4n) is 1.77. The predicted molar refractivity (Wildman–Crippen MR) is 75.7 cm³/mol. The van der Waals surface area contributed by atoms with Crippen molar-refractivity contribution in [1.82, 2.24) is 15.1 Å². The predicted octanol–water partition coefficient (Wildman–Crippen LogP) is 1.59. The molecule has 5 nitrogen and oxygen atoms in total. The average molecular weight is 251 g/mol. The molecule has 1 aromatic rings. The summed E-state index contributed by atoms with van der Waals surface area (Å²) in [5.41, 5.74) is 8.01. The molecule has 0 atom stereocenters. The molecule has 0 radical (unpaired) electrons. The smallest absolute Gasteiger partial charge is 0.188 e. The Morgan fingerprint density at radius 2 is 2.22 bits per heavy atom. The first kappa shape index (κ1) is 14.5. The van der Waals surface area contributed by atoms with E-state index in [0.29, 0.717) is 5.96 Å². The van der Waals surface area contributed by atoms with Gasteiger partial charge in [-0.05, 0) is 32.8 Å². The Kier molecular flexibility index (Phi) is 6.25. The highest BCUT2D eigenvalue weighted by molar-refractivity contribution is 5.77. The van der Waals surface area contributed by atoms with Gasteiger partial charge in [0.15, 0.2) is 5.96 Å². The number of hydrogen-bond acceptors (Lipinski definition) is 2. The SMILES string of the molecule is CCCCNC(N)=NCCCn1nc(C)cc1C. The molecule has 102 valence electrons. The highest BCUT2D eigenvalue weighted by Gasteiger charge is 1.99. The molecular weight excluding hydrogens is 226 g/mol. The van der Waals surface area contributed by atoms with Crippen molar-refractivity contribution in [2.24, 2.45) is 10.7 Å². The third-order valence-corrected chi connectivity index (χ3v) is 2.75.